The first-order valence-electron chi connectivity index (χ1n) is 9.34. The average Bonchev–Trinajstić information content (AvgIpc) is 2.78. The fourth-order valence-electron chi connectivity index (χ4n) is 3.86. The number of amides is 1. The minimum Gasteiger partial charge on any atom is -0.370 e. The van der Waals surface area contributed by atoms with E-state index < -0.39 is 0 Å². The van der Waals surface area contributed by atoms with Crippen LogP contribution in [0, 0.1) is 13.8 Å². The Balaban J connectivity index is 1.86. The Hall–Kier alpha value is -2.56. The molecular formula is C21H27N3O2. The number of hydrogen-bond donors (Lipinski definition) is 2. The molecule has 138 valence electrons. The molecule has 0 spiro atoms. The first-order valence-corrected chi connectivity index (χ1v) is 9.34. The summed E-state index contributed by atoms with van der Waals surface area (Å²) in [6.45, 7) is 7.20. The van der Waals surface area contributed by atoms with E-state index in [0.717, 1.165) is 30.2 Å². The number of para-hydroxylation sites is 2. The zero-order valence-electron chi connectivity index (χ0n) is 15.8. The van der Waals surface area contributed by atoms with Crippen molar-refractivity contribution in [3.8, 4) is 0 Å². The monoisotopic (exact) mass is 353 g/mol. The Morgan fingerprint density at radius 2 is 1.69 bits per heavy atom. The lowest BCUT2D eigenvalue weighted by Crippen LogP contribution is -2.26. The van der Waals surface area contributed by atoms with Crippen LogP contribution < -0.4 is 10.2 Å². The van der Waals surface area contributed by atoms with Gasteiger partial charge in [-0.2, -0.15) is 0 Å². The predicted octanol–water partition coefficient (Wildman–Crippen LogP) is 4.47. The van der Waals surface area contributed by atoms with Gasteiger partial charge in [0.25, 0.3) is 5.91 Å². The maximum absolute atomic E-state index is 12.9. The fourth-order valence-corrected chi connectivity index (χ4v) is 3.86. The van der Waals surface area contributed by atoms with E-state index in [4.69, 9.17) is 0 Å². The quantitative estimate of drug-likeness (QED) is 0.797. The highest BCUT2D eigenvalue weighted by Gasteiger charge is 2.21. The van der Waals surface area contributed by atoms with Crippen molar-refractivity contribution in [3.63, 3.8) is 0 Å². The molecule has 1 fully saturated rings. The number of aromatic nitrogens is 1. The highest BCUT2D eigenvalue weighted by atomic mass is 16.2. The van der Waals surface area contributed by atoms with Gasteiger partial charge in [0.2, 0.25) is 0 Å². The van der Waals surface area contributed by atoms with Crippen LogP contribution in [-0.2, 0) is 0 Å². The summed E-state index contributed by atoms with van der Waals surface area (Å²) in [5.74, 6) is -0.236. The zero-order valence-corrected chi connectivity index (χ0v) is 15.8. The van der Waals surface area contributed by atoms with Crippen LogP contribution in [0.2, 0.25) is 0 Å². The number of aromatic amines is 1. The Morgan fingerprint density at radius 1 is 1.04 bits per heavy atom. The second-order valence-electron chi connectivity index (χ2n) is 7.05. The summed E-state index contributed by atoms with van der Waals surface area (Å²) in [5, 5.41) is 3.04. The molecule has 0 bridgehead atoms. The predicted molar refractivity (Wildman–Crippen MR) is 105 cm³/mol. The highest BCUT2D eigenvalue weighted by Crippen LogP contribution is 2.29. The molecule has 1 aromatic carbocycles. The van der Waals surface area contributed by atoms with Crippen LogP contribution >= 0.6 is 0 Å². The average molecular weight is 353 g/mol. The van der Waals surface area contributed by atoms with Crippen LogP contribution in [0.5, 0.6) is 0 Å². The van der Waals surface area contributed by atoms with E-state index in [1.54, 1.807) is 0 Å². The number of benzene rings is 1. The van der Waals surface area contributed by atoms with Gasteiger partial charge in [-0.1, -0.05) is 25.0 Å². The van der Waals surface area contributed by atoms with Gasteiger partial charge in [-0.25, -0.2) is 0 Å². The molecule has 1 aliphatic heterocycles. The van der Waals surface area contributed by atoms with Gasteiger partial charge in [0.1, 0.15) is 5.69 Å². The first-order chi connectivity index (χ1) is 12.5. The molecule has 5 heteroatoms. The van der Waals surface area contributed by atoms with E-state index in [-0.39, 0.29) is 11.7 Å². The summed E-state index contributed by atoms with van der Waals surface area (Å²) in [7, 11) is 0. The standard InChI is InChI=1S/C21H27N3O2/c1-14-19(16(3)25)15(2)22-20(14)21(26)23-17-10-6-7-11-18(17)24-12-8-4-5-9-13-24/h6-7,10-11,22H,4-5,8-9,12-13H2,1-3H3,(H,23,26). The molecule has 2 heterocycles. The number of hydrogen-bond acceptors (Lipinski definition) is 3. The molecule has 1 amide bonds. The second-order valence-corrected chi connectivity index (χ2v) is 7.05. The highest BCUT2D eigenvalue weighted by molar-refractivity contribution is 6.08. The van der Waals surface area contributed by atoms with Crippen molar-refractivity contribution in [2.75, 3.05) is 23.3 Å². The number of aryl methyl sites for hydroxylation is 1. The van der Waals surface area contributed by atoms with Crippen molar-refractivity contribution in [3.05, 3.63) is 46.8 Å². The van der Waals surface area contributed by atoms with Crippen LogP contribution in [0.15, 0.2) is 24.3 Å². The van der Waals surface area contributed by atoms with Crippen LogP contribution in [-0.4, -0.2) is 29.8 Å². The largest absolute Gasteiger partial charge is 0.370 e. The molecular weight excluding hydrogens is 326 g/mol. The molecule has 1 aromatic heterocycles. The van der Waals surface area contributed by atoms with E-state index in [0.29, 0.717) is 16.8 Å². The zero-order chi connectivity index (χ0) is 18.7. The Bertz CT molecular complexity index is 815. The summed E-state index contributed by atoms with van der Waals surface area (Å²) in [4.78, 5) is 30.1. The topological polar surface area (TPSA) is 65.2 Å². The molecule has 0 saturated carbocycles. The van der Waals surface area contributed by atoms with Crippen LogP contribution in [0.3, 0.4) is 0 Å². The molecule has 2 aromatic rings. The van der Waals surface area contributed by atoms with Gasteiger partial charge in [-0.3, -0.25) is 9.59 Å². The van der Waals surface area contributed by atoms with Gasteiger partial charge < -0.3 is 15.2 Å². The number of Topliss-reactive ketones (excluding diaryl/α,β-unsaturated/α-hetero) is 1. The third kappa shape index (κ3) is 3.66. The van der Waals surface area contributed by atoms with Gasteiger partial charge in [-0.15, -0.1) is 0 Å². The molecule has 2 N–H and O–H groups in total. The Labute approximate surface area is 154 Å². The summed E-state index contributed by atoms with van der Waals surface area (Å²) < 4.78 is 0. The molecule has 3 rings (SSSR count). The minimum atomic E-state index is -0.208. The number of nitrogens with one attached hydrogen (secondary N) is 2. The molecule has 1 saturated heterocycles. The number of nitrogens with zero attached hydrogens (tertiary/aromatic N) is 1. The van der Waals surface area contributed by atoms with Crippen molar-refractivity contribution in [2.45, 2.75) is 46.5 Å². The SMILES string of the molecule is CC(=O)c1c(C)[nH]c(C(=O)Nc2ccccc2N2CCCCCC2)c1C. The van der Waals surface area contributed by atoms with Crippen molar-refractivity contribution in [2.24, 2.45) is 0 Å². The van der Waals surface area contributed by atoms with Crippen LogP contribution in [0.4, 0.5) is 11.4 Å². The lowest BCUT2D eigenvalue weighted by atomic mass is 10.1. The second kappa shape index (κ2) is 7.77. The van der Waals surface area contributed by atoms with E-state index in [1.165, 1.54) is 32.6 Å². The van der Waals surface area contributed by atoms with Crippen molar-refractivity contribution in [1.29, 1.82) is 0 Å². The van der Waals surface area contributed by atoms with Gasteiger partial charge in [0, 0.05) is 24.3 Å². The molecule has 0 aliphatic carbocycles. The number of H-pyrrole nitrogens is 1. The van der Waals surface area contributed by atoms with Gasteiger partial charge in [0.15, 0.2) is 5.78 Å². The summed E-state index contributed by atoms with van der Waals surface area (Å²) in [6.07, 6.45) is 4.89. The van der Waals surface area contributed by atoms with Crippen molar-refractivity contribution >= 4 is 23.1 Å². The van der Waals surface area contributed by atoms with E-state index in [9.17, 15) is 9.59 Å². The van der Waals surface area contributed by atoms with E-state index in [2.05, 4.69) is 21.3 Å². The Kier molecular flexibility index (Phi) is 5.45. The fraction of sp³-hybridized carbons (Fsp3) is 0.429. The molecule has 1 aliphatic rings. The van der Waals surface area contributed by atoms with Gasteiger partial charge in [0.05, 0.1) is 11.4 Å². The molecule has 26 heavy (non-hydrogen) atoms. The van der Waals surface area contributed by atoms with Crippen molar-refractivity contribution in [1.82, 2.24) is 4.98 Å². The maximum atomic E-state index is 12.9. The number of carbonyl (C=O) groups excluding carboxylic acids is 2. The third-order valence-electron chi connectivity index (χ3n) is 5.12. The smallest absolute Gasteiger partial charge is 0.272 e. The normalized spacial score (nSPS) is 14.8. The lowest BCUT2D eigenvalue weighted by Gasteiger charge is -2.25. The van der Waals surface area contributed by atoms with Crippen LogP contribution in [0.1, 0.15) is 64.7 Å². The van der Waals surface area contributed by atoms with Gasteiger partial charge in [-0.05, 0) is 51.3 Å². The minimum absolute atomic E-state index is 0.0275. The lowest BCUT2D eigenvalue weighted by molar-refractivity contribution is 0.101. The van der Waals surface area contributed by atoms with E-state index in [1.807, 2.05) is 32.0 Å². The summed E-state index contributed by atoms with van der Waals surface area (Å²) >= 11 is 0. The molecule has 5 nitrogen and oxygen atoms in total. The van der Waals surface area contributed by atoms with Crippen molar-refractivity contribution < 1.29 is 9.59 Å². The number of ketones is 1. The Morgan fingerprint density at radius 3 is 2.31 bits per heavy atom. The maximum Gasteiger partial charge on any atom is 0.272 e. The third-order valence-corrected chi connectivity index (χ3v) is 5.12. The van der Waals surface area contributed by atoms with Crippen LogP contribution in [0.25, 0.3) is 0 Å². The number of rotatable bonds is 4. The van der Waals surface area contributed by atoms with Gasteiger partial charge >= 0.3 is 0 Å². The number of carbonyl (C=O) groups is 2. The molecule has 0 unspecified atom stereocenters. The molecule has 0 radical (unpaired) electrons. The summed E-state index contributed by atoms with van der Waals surface area (Å²) in [5.41, 5.74) is 4.39. The molecule has 0 atom stereocenters. The number of anilines is 2. The first kappa shape index (κ1) is 18.2. The van der Waals surface area contributed by atoms with E-state index >= 15 is 0 Å². The summed E-state index contributed by atoms with van der Waals surface area (Å²) in [6, 6.07) is 7.95.